The molecule has 4 rings (SSSR count). The predicted octanol–water partition coefficient (Wildman–Crippen LogP) is 6.26. The van der Waals surface area contributed by atoms with Crippen molar-refractivity contribution in [1.82, 2.24) is 9.47 Å². The standard InChI is InChI=1S/C28H36ClN3O2/c1-2-22(28(33)34)24-21-32(26-13-7-5-11-23(24)26)16-10-4-3-9-15-30-17-19-31(20-18-30)27-14-8-6-12-25(27)29/h5-8,11-14,21-22H,2-4,9-10,15-20H2,1H3,(H,33,34). The van der Waals surface area contributed by atoms with Gasteiger partial charge in [0.2, 0.25) is 0 Å². The predicted molar refractivity (Wildman–Crippen MR) is 141 cm³/mol. The fourth-order valence-electron chi connectivity index (χ4n) is 5.16. The average Bonchev–Trinajstić information content (AvgIpc) is 3.21. The van der Waals surface area contributed by atoms with E-state index < -0.39 is 11.9 Å². The normalized spacial score (nSPS) is 15.6. The molecule has 2 aromatic carbocycles. The maximum Gasteiger partial charge on any atom is 0.311 e. The van der Waals surface area contributed by atoms with Crippen molar-refractivity contribution in [3.63, 3.8) is 0 Å². The van der Waals surface area contributed by atoms with Gasteiger partial charge in [0.25, 0.3) is 0 Å². The van der Waals surface area contributed by atoms with Crippen LogP contribution >= 0.6 is 11.6 Å². The summed E-state index contributed by atoms with van der Waals surface area (Å²) < 4.78 is 2.25. The summed E-state index contributed by atoms with van der Waals surface area (Å²) >= 11 is 6.36. The van der Waals surface area contributed by atoms with E-state index in [1.165, 1.54) is 19.3 Å². The van der Waals surface area contributed by atoms with Gasteiger partial charge in [-0.2, -0.15) is 0 Å². The van der Waals surface area contributed by atoms with Gasteiger partial charge in [-0.3, -0.25) is 9.69 Å². The first-order valence-electron chi connectivity index (χ1n) is 12.6. The highest BCUT2D eigenvalue weighted by atomic mass is 35.5. The molecule has 2 heterocycles. The van der Waals surface area contributed by atoms with E-state index in [0.29, 0.717) is 6.42 Å². The van der Waals surface area contributed by atoms with E-state index >= 15 is 0 Å². The molecule has 0 radical (unpaired) electrons. The van der Waals surface area contributed by atoms with Crippen molar-refractivity contribution in [3.05, 3.63) is 65.3 Å². The lowest BCUT2D eigenvalue weighted by Gasteiger charge is -2.36. The van der Waals surface area contributed by atoms with Gasteiger partial charge >= 0.3 is 5.97 Å². The van der Waals surface area contributed by atoms with Gasteiger partial charge in [-0.05, 0) is 49.6 Å². The van der Waals surface area contributed by atoms with E-state index in [-0.39, 0.29) is 0 Å². The summed E-state index contributed by atoms with van der Waals surface area (Å²) in [5.41, 5.74) is 3.24. The van der Waals surface area contributed by atoms with E-state index in [9.17, 15) is 9.90 Å². The third-order valence-electron chi connectivity index (χ3n) is 7.09. The van der Waals surface area contributed by atoms with Gasteiger partial charge in [0.05, 0.1) is 16.6 Å². The van der Waals surface area contributed by atoms with Gasteiger partial charge in [-0.1, -0.05) is 61.7 Å². The molecule has 34 heavy (non-hydrogen) atoms. The van der Waals surface area contributed by atoms with E-state index in [1.807, 2.05) is 31.2 Å². The number of halogens is 1. The highest BCUT2D eigenvalue weighted by molar-refractivity contribution is 6.33. The molecule has 1 fully saturated rings. The molecular formula is C28H36ClN3O2. The fraction of sp³-hybridized carbons (Fsp3) is 0.464. The van der Waals surface area contributed by atoms with Crippen LogP contribution in [0.15, 0.2) is 54.7 Å². The lowest BCUT2D eigenvalue weighted by molar-refractivity contribution is -0.138. The number of benzene rings is 2. The lowest BCUT2D eigenvalue weighted by Crippen LogP contribution is -2.46. The number of para-hydroxylation sites is 2. The van der Waals surface area contributed by atoms with Gasteiger partial charge in [-0.25, -0.2) is 0 Å². The number of hydrogen-bond donors (Lipinski definition) is 1. The molecule has 1 aliphatic rings. The number of anilines is 1. The number of nitrogens with zero attached hydrogens (tertiary/aromatic N) is 3. The van der Waals surface area contributed by atoms with Crippen LogP contribution in [0.5, 0.6) is 0 Å². The summed E-state index contributed by atoms with van der Waals surface area (Å²) in [6.45, 7) is 8.28. The average molecular weight is 482 g/mol. The number of aliphatic carboxylic acids is 1. The number of piperazine rings is 1. The molecule has 5 nitrogen and oxygen atoms in total. The number of aryl methyl sites for hydroxylation is 1. The van der Waals surface area contributed by atoms with Crippen molar-refractivity contribution in [2.75, 3.05) is 37.6 Å². The number of hydrogen-bond acceptors (Lipinski definition) is 3. The van der Waals surface area contributed by atoms with Crippen LogP contribution in [0.4, 0.5) is 5.69 Å². The van der Waals surface area contributed by atoms with Crippen molar-refractivity contribution < 1.29 is 9.90 Å². The van der Waals surface area contributed by atoms with Gasteiger partial charge < -0.3 is 14.6 Å². The van der Waals surface area contributed by atoms with E-state index in [1.54, 1.807) is 0 Å². The molecule has 1 atom stereocenters. The molecule has 0 spiro atoms. The fourth-order valence-corrected chi connectivity index (χ4v) is 5.41. The Morgan fingerprint density at radius 2 is 1.62 bits per heavy atom. The van der Waals surface area contributed by atoms with Gasteiger partial charge in [-0.15, -0.1) is 0 Å². The smallest absolute Gasteiger partial charge is 0.311 e. The summed E-state index contributed by atoms with van der Waals surface area (Å²) in [5.74, 6) is -1.18. The SMILES string of the molecule is CCC(C(=O)O)c1cn(CCCCCCN2CCN(c3ccccc3Cl)CC2)c2ccccc12. The summed E-state index contributed by atoms with van der Waals surface area (Å²) in [6.07, 6.45) is 7.44. The zero-order valence-electron chi connectivity index (χ0n) is 20.1. The van der Waals surface area contributed by atoms with Crippen LogP contribution in [0, 0.1) is 0 Å². The van der Waals surface area contributed by atoms with E-state index in [4.69, 9.17) is 11.6 Å². The topological polar surface area (TPSA) is 48.7 Å². The molecular weight excluding hydrogens is 446 g/mol. The zero-order valence-corrected chi connectivity index (χ0v) is 20.9. The van der Waals surface area contributed by atoms with Gasteiger partial charge in [0, 0.05) is 49.8 Å². The molecule has 1 aromatic heterocycles. The molecule has 1 N–H and O–H groups in total. The molecule has 6 heteroatoms. The Bertz CT molecular complexity index is 1090. The second-order valence-electron chi connectivity index (χ2n) is 9.29. The van der Waals surface area contributed by atoms with Crippen molar-refractivity contribution in [3.8, 4) is 0 Å². The van der Waals surface area contributed by atoms with Crippen LogP contribution in [0.1, 0.15) is 50.5 Å². The van der Waals surface area contributed by atoms with Crippen LogP contribution in [0.3, 0.4) is 0 Å². The van der Waals surface area contributed by atoms with Crippen LogP contribution < -0.4 is 4.90 Å². The maximum absolute atomic E-state index is 11.7. The number of aromatic nitrogens is 1. The van der Waals surface area contributed by atoms with Gasteiger partial charge in [0.15, 0.2) is 0 Å². The molecule has 1 unspecified atom stereocenters. The minimum absolute atomic E-state index is 0.440. The van der Waals surface area contributed by atoms with Gasteiger partial charge in [0.1, 0.15) is 0 Å². The molecule has 182 valence electrons. The monoisotopic (exact) mass is 481 g/mol. The molecule has 0 amide bonds. The number of rotatable bonds is 11. The Morgan fingerprint density at radius 3 is 2.32 bits per heavy atom. The first kappa shape index (κ1) is 24.6. The van der Waals surface area contributed by atoms with Crippen molar-refractivity contribution in [1.29, 1.82) is 0 Å². The minimum atomic E-state index is -0.738. The summed E-state index contributed by atoms with van der Waals surface area (Å²) in [4.78, 5) is 16.7. The van der Waals surface area contributed by atoms with E-state index in [2.05, 4.69) is 44.8 Å². The maximum atomic E-state index is 11.7. The first-order chi connectivity index (χ1) is 16.6. The molecule has 0 bridgehead atoms. The zero-order chi connectivity index (χ0) is 23.9. The third-order valence-corrected chi connectivity index (χ3v) is 7.41. The Balaban J connectivity index is 1.20. The van der Waals surface area contributed by atoms with E-state index in [0.717, 1.165) is 72.9 Å². The molecule has 1 aliphatic heterocycles. The summed E-state index contributed by atoms with van der Waals surface area (Å²) in [6, 6.07) is 16.3. The highest BCUT2D eigenvalue weighted by Gasteiger charge is 2.22. The molecule has 0 saturated carbocycles. The Labute approximate surface area is 207 Å². The van der Waals surface area contributed by atoms with Crippen LogP contribution in [0.2, 0.25) is 5.02 Å². The second-order valence-corrected chi connectivity index (χ2v) is 9.70. The highest BCUT2D eigenvalue weighted by Crippen LogP contribution is 2.30. The summed E-state index contributed by atoms with van der Waals surface area (Å²) in [5, 5.41) is 11.6. The van der Waals surface area contributed by atoms with Crippen molar-refractivity contribution >= 4 is 34.2 Å². The van der Waals surface area contributed by atoms with Crippen LogP contribution in [-0.4, -0.2) is 53.3 Å². The molecule has 3 aromatic rings. The number of carbonyl (C=O) groups is 1. The second kappa shape index (κ2) is 11.8. The first-order valence-corrected chi connectivity index (χ1v) is 13.0. The van der Waals surface area contributed by atoms with Crippen molar-refractivity contribution in [2.45, 2.75) is 51.5 Å². The molecule has 1 saturated heterocycles. The largest absolute Gasteiger partial charge is 0.481 e. The van der Waals surface area contributed by atoms with Crippen LogP contribution in [0.25, 0.3) is 10.9 Å². The summed E-state index contributed by atoms with van der Waals surface area (Å²) in [7, 11) is 0. The third kappa shape index (κ3) is 5.76. The number of unbranched alkanes of at least 4 members (excludes halogenated alkanes) is 3. The van der Waals surface area contributed by atoms with Crippen molar-refractivity contribution in [2.24, 2.45) is 0 Å². The number of carboxylic acid groups (broad SMARTS) is 1. The Morgan fingerprint density at radius 1 is 0.941 bits per heavy atom. The molecule has 0 aliphatic carbocycles. The Kier molecular flexibility index (Phi) is 8.52. The lowest BCUT2D eigenvalue weighted by atomic mass is 9.96. The Hall–Kier alpha value is -2.50. The number of carboxylic acids is 1. The minimum Gasteiger partial charge on any atom is -0.481 e. The quantitative estimate of drug-likeness (QED) is 0.328. The van der Waals surface area contributed by atoms with Crippen LogP contribution in [-0.2, 0) is 11.3 Å². The number of fused-ring (bicyclic) bond motifs is 1.